The molecule has 5 heteroatoms. The number of hydrogen-bond donors (Lipinski definition) is 2. The van der Waals surface area contributed by atoms with E-state index in [0.717, 1.165) is 37.2 Å². The van der Waals surface area contributed by atoms with Crippen LogP contribution in [0.3, 0.4) is 0 Å². The van der Waals surface area contributed by atoms with Crippen LogP contribution in [-0.2, 0) is 5.60 Å². The molecule has 1 saturated carbocycles. The third-order valence-corrected chi connectivity index (χ3v) is 6.12. The molecule has 27 heavy (non-hydrogen) atoms. The summed E-state index contributed by atoms with van der Waals surface area (Å²) in [5.74, 6) is 1.24. The third kappa shape index (κ3) is 3.72. The first-order valence-corrected chi connectivity index (χ1v) is 9.49. The fraction of sp³-hybridized carbons (Fsp3) is 0.455. The Hall–Kier alpha value is -1.95. The van der Waals surface area contributed by atoms with Gasteiger partial charge < -0.3 is 14.9 Å². The van der Waals surface area contributed by atoms with Gasteiger partial charge in [-0.15, -0.1) is 0 Å². The van der Waals surface area contributed by atoms with Crippen LogP contribution in [0.1, 0.15) is 30.1 Å². The highest BCUT2D eigenvalue weighted by molar-refractivity contribution is 5.33. The molecule has 2 unspecified atom stereocenters. The molecule has 4 nitrogen and oxygen atoms in total. The summed E-state index contributed by atoms with van der Waals surface area (Å²) in [5, 5.41) is 21.6. The van der Waals surface area contributed by atoms with E-state index in [1.54, 1.807) is 19.2 Å². The summed E-state index contributed by atoms with van der Waals surface area (Å²) in [6.45, 7) is 2.20. The first-order chi connectivity index (χ1) is 13.0. The number of methoxy groups -OCH3 is 1. The average molecular weight is 371 g/mol. The van der Waals surface area contributed by atoms with E-state index in [9.17, 15) is 14.6 Å². The predicted octanol–water partition coefficient (Wildman–Crippen LogP) is 3.10. The third-order valence-electron chi connectivity index (χ3n) is 6.12. The Labute approximate surface area is 159 Å². The van der Waals surface area contributed by atoms with Gasteiger partial charge in [-0.25, -0.2) is 4.39 Å². The maximum absolute atomic E-state index is 13.4. The second kappa shape index (κ2) is 7.23. The van der Waals surface area contributed by atoms with Crippen molar-refractivity contribution in [2.24, 2.45) is 11.8 Å². The molecule has 144 valence electrons. The standard InChI is InChI=1S/C22H26FNO3/c1-27-20-7-3-5-18(9-20)22(26)10-16-12-24(13-17(16)11-22)14-21(25)15-4-2-6-19(23)8-15/h2-9,16-17,21,25-26H,10-14H2,1H3/t16-,17+,21?,22?. The first kappa shape index (κ1) is 18.4. The summed E-state index contributed by atoms with van der Waals surface area (Å²) in [4.78, 5) is 2.23. The van der Waals surface area contributed by atoms with Crippen LogP contribution in [0.5, 0.6) is 5.75 Å². The quantitative estimate of drug-likeness (QED) is 0.848. The van der Waals surface area contributed by atoms with Crippen molar-refractivity contribution in [2.45, 2.75) is 24.5 Å². The molecule has 4 atom stereocenters. The van der Waals surface area contributed by atoms with Gasteiger partial charge in [0.25, 0.3) is 0 Å². The normalized spacial score (nSPS) is 28.9. The Morgan fingerprint density at radius 2 is 1.85 bits per heavy atom. The lowest BCUT2D eigenvalue weighted by molar-refractivity contribution is 0.0286. The van der Waals surface area contributed by atoms with E-state index in [1.807, 2.05) is 24.3 Å². The molecular formula is C22H26FNO3. The molecule has 0 spiro atoms. The van der Waals surface area contributed by atoms with Gasteiger partial charge in [-0.2, -0.15) is 0 Å². The van der Waals surface area contributed by atoms with Crippen molar-refractivity contribution >= 4 is 0 Å². The van der Waals surface area contributed by atoms with Crippen molar-refractivity contribution in [3.05, 3.63) is 65.5 Å². The van der Waals surface area contributed by atoms with Gasteiger partial charge in [-0.05, 0) is 60.1 Å². The number of aliphatic hydroxyl groups is 2. The van der Waals surface area contributed by atoms with E-state index in [0.29, 0.717) is 23.9 Å². The minimum absolute atomic E-state index is 0.326. The second-order valence-electron chi connectivity index (χ2n) is 7.98. The molecule has 0 aromatic heterocycles. The number of likely N-dealkylation sites (tertiary alicyclic amines) is 1. The zero-order valence-electron chi connectivity index (χ0n) is 15.5. The largest absolute Gasteiger partial charge is 0.497 e. The highest BCUT2D eigenvalue weighted by Crippen LogP contribution is 2.49. The highest BCUT2D eigenvalue weighted by atomic mass is 19.1. The number of ether oxygens (including phenoxy) is 1. The summed E-state index contributed by atoms with van der Waals surface area (Å²) in [6.07, 6.45) is 0.742. The van der Waals surface area contributed by atoms with Gasteiger partial charge in [-0.3, -0.25) is 4.90 Å². The molecule has 2 aromatic rings. The van der Waals surface area contributed by atoms with Crippen LogP contribution < -0.4 is 4.74 Å². The molecule has 2 N–H and O–H groups in total. The van der Waals surface area contributed by atoms with E-state index >= 15 is 0 Å². The van der Waals surface area contributed by atoms with E-state index in [1.165, 1.54) is 12.1 Å². The van der Waals surface area contributed by atoms with Crippen LogP contribution in [0.2, 0.25) is 0 Å². The molecule has 1 aliphatic heterocycles. The monoisotopic (exact) mass is 371 g/mol. The second-order valence-corrected chi connectivity index (χ2v) is 7.98. The van der Waals surface area contributed by atoms with Crippen molar-refractivity contribution < 1.29 is 19.3 Å². The Kier molecular flexibility index (Phi) is 4.93. The van der Waals surface area contributed by atoms with Crippen molar-refractivity contribution in [1.82, 2.24) is 4.90 Å². The predicted molar refractivity (Wildman–Crippen MR) is 101 cm³/mol. The average Bonchev–Trinajstić information content (AvgIpc) is 3.16. The molecule has 4 rings (SSSR count). The van der Waals surface area contributed by atoms with Crippen LogP contribution in [0.4, 0.5) is 4.39 Å². The minimum atomic E-state index is -0.808. The Morgan fingerprint density at radius 3 is 2.52 bits per heavy atom. The van der Waals surface area contributed by atoms with E-state index < -0.39 is 11.7 Å². The zero-order chi connectivity index (χ0) is 19.0. The molecule has 1 saturated heterocycles. The van der Waals surface area contributed by atoms with Crippen LogP contribution in [0.15, 0.2) is 48.5 Å². The molecule has 2 aliphatic rings. The van der Waals surface area contributed by atoms with Crippen molar-refractivity contribution in [1.29, 1.82) is 0 Å². The Morgan fingerprint density at radius 1 is 1.15 bits per heavy atom. The topological polar surface area (TPSA) is 52.9 Å². The Balaban J connectivity index is 1.39. The number of fused-ring (bicyclic) bond motifs is 1. The van der Waals surface area contributed by atoms with Gasteiger partial charge in [0.05, 0.1) is 18.8 Å². The fourth-order valence-electron chi connectivity index (χ4n) is 4.81. The molecule has 0 bridgehead atoms. The maximum Gasteiger partial charge on any atom is 0.123 e. The van der Waals surface area contributed by atoms with E-state index in [-0.39, 0.29) is 5.82 Å². The SMILES string of the molecule is COc1cccc(C2(O)C[C@H]3CN(CC(O)c4cccc(F)c4)C[C@H]3C2)c1. The number of halogens is 1. The van der Waals surface area contributed by atoms with Crippen LogP contribution in [0.25, 0.3) is 0 Å². The molecule has 1 heterocycles. The minimum Gasteiger partial charge on any atom is -0.497 e. The number of benzene rings is 2. The van der Waals surface area contributed by atoms with Gasteiger partial charge in [-0.1, -0.05) is 24.3 Å². The molecule has 0 radical (unpaired) electrons. The van der Waals surface area contributed by atoms with Gasteiger partial charge in [0.2, 0.25) is 0 Å². The summed E-state index contributed by atoms with van der Waals surface area (Å²) in [5.41, 5.74) is 0.722. The van der Waals surface area contributed by atoms with Crippen LogP contribution in [-0.4, -0.2) is 41.9 Å². The van der Waals surface area contributed by atoms with Gasteiger partial charge >= 0.3 is 0 Å². The molecule has 2 fully saturated rings. The lowest BCUT2D eigenvalue weighted by atomic mass is 9.90. The van der Waals surface area contributed by atoms with Gasteiger partial charge in [0.1, 0.15) is 11.6 Å². The summed E-state index contributed by atoms with van der Waals surface area (Å²) < 4.78 is 18.7. The molecular weight excluding hydrogens is 345 g/mol. The van der Waals surface area contributed by atoms with Crippen LogP contribution >= 0.6 is 0 Å². The Bertz CT molecular complexity index is 798. The van der Waals surface area contributed by atoms with Gasteiger partial charge in [0, 0.05) is 19.6 Å². The summed E-state index contributed by atoms with van der Waals surface area (Å²) in [7, 11) is 1.63. The summed E-state index contributed by atoms with van der Waals surface area (Å²) in [6, 6.07) is 13.9. The molecule has 2 aromatic carbocycles. The lowest BCUT2D eigenvalue weighted by Crippen LogP contribution is -2.31. The van der Waals surface area contributed by atoms with E-state index in [2.05, 4.69) is 4.90 Å². The van der Waals surface area contributed by atoms with Crippen molar-refractivity contribution in [2.75, 3.05) is 26.7 Å². The highest BCUT2D eigenvalue weighted by Gasteiger charge is 2.49. The first-order valence-electron chi connectivity index (χ1n) is 9.49. The maximum atomic E-state index is 13.4. The number of rotatable bonds is 5. The van der Waals surface area contributed by atoms with Crippen LogP contribution in [0, 0.1) is 17.7 Å². The zero-order valence-corrected chi connectivity index (χ0v) is 15.5. The number of nitrogens with zero attached hydrogens (tertiary/aromatic N) is 1. The molecule has 0 amide bonds. The number of aliphatic hydroxyl groups excluding tert-OH is 1. The fourth-order valence-corrected chi connectivity index (χ4v) is 4.81. The van der Waals surface area contributed by atoms with Crippen molar-refractivity contribution in [3.8, 4) is 5.75 Å². The summed E-state index contributed by atoms with van der Waals surface area (Å²) >= 11 is 0. The lowest BCUT2D eigenvalue weighted by Gasteiger charge is -2.27. The number of β-amino-alcohol motifs (C(OH)–C–C–N with tert-alkyl or cyclic N) is 1. The number of hydrogen-bond acceptors (Lipinski definition) is 4. The van der Waals surface area contributed by atoms with E-state index in [4.69, 9.17) is 4.74 Å². The van der Waals surface area contributed by atoms with Gasteiger partial charge in [0.15, 0.2) is 0 Å². The van der Waals surface area contributed by atoms with Crippen molar-refractivity contribution in [3.63, 3.8) is 0 Å². The molecule has 1 aliphatic carbocycles. The smallest absolute Gasteiger partial charge is 0.123 e.